The molecule has 1 unspecified atom stereocenters. The van der Waals surface area contributed by atoms with Gasteiger partial charge in [-0.15, -0.1) is 10.2 Å². The Balaban J connectivity index is 0. The lowest BCUT2D eigenvalue weighted by atomic mass is 9.91. The average Bonchev–Trinajstić information content (AvgIpc) is 2.09. The number of alkyl halides is 1. The van der Waals surface area contributed by atoms with E-state index in [1.807, 2.05) is 0 Å². The van der Waals surface area contributed by atoms with Crippen LogP contribution in [-0.2, 0) is 0 Å². The van der Waals surface area contributed by atoms with Gasteiger partial charge >= 0.3 is 0 Å². The van der Waals surface area contributed by atoms with E-state index >= 15 is 0 Å². The first-order valence-electron chi connectivity index (χ1n) is 6.30. The van der Waals surface area contributed by atoms with Crippen LogP contribution < -0.4 is 28.9 Å². The molecule has 0 radical (unpaired) electrons. The number of halogens is 2. The van der Waals surface area contributed by atoms with Crippen molar-refractivity contribution in [2.75, 3.05) is 0 Å². The molecule has 0 rings (SSSR count). The van der Waals surface area contributed by atoms with E-state index in [-0.39, 0.29) is 5.41 Å². The largest absolute Gasteiger partial charge is 0.275 e. The zero-order valence-corrected chi connectivity index (χ0v) is 15.5. The Hall–Kier alpha value is 0.0800. The second-order valence-electron chi connectivity index (χ2n) is 6.12. The van der Waals surface area contributed by atoms with Gasteiger partial charge in [-0.25, -0.2) is 18.6 Å². The topological polar surface area (TPSA) is 118 Å². The van der Waals surface area contributed by atoms with Crippen LogP contribution in [0.25, 0.3) is 0 Å². The van der Waals surface area contributed by atoms with Crippen molar-refractivity contribution in [3.05, 3.63) is 0 Å². The summed E-state index contributed by atoms with van der Waals surface area (Å²) in [6, 6.07) is 0.905. The lowest BCUT2D eigenvalue weighted by molar-refractivity contribution is -2.00. The fourth-order valence-corrected chi connectivity index (χ4v) is 1.51. The molecule has 8 heteroatoms. The second kappa shape index (κ2) is 9.17. The highest BCUT2D eigenvalue weighted by Gasteiger charge is 2.31. The van der Waals surface area contributed by atoms with E-state index < -0.39 is 10.2 Å². The van der Waals surface area contributed by atoms with Gasteiger partial charge in [-0.2, -0.15) is 0 Å². The van der Waals surface area contributed by atoms with Crippen LogP contribution >= 0.6 is 15.9 Å². The molecule has 0 aromatic heterocycles. The molecular weight excluding hydrogens is 351 g/mol. The Morgan fingerprint density at radius 2 is 1.40 bits per heavy atom. The highest BCUT2D eigenvalue weighted by molar-refractivity contribution is 9.10. The summed E-state index contributed by atoms with van der Waals surface area (Å²) in [5, 5.41) is 3.48. The van der Waals surface area contributed by atoms with Crippen LogP contribution in [0.1, 0.15) is 48.5 Å². The molecule has 0 aromatic rings. The standard InChI is InChI=1S/C12H25BrN2.ClHO4/c1-8(2)14-11(15-9(3)4)10(13)12(5,6)7;2-1(3,4)5/h8-10H,1-7H3,(H,14,15);(H,2,3,4,5). The molecule has 0 fully saturated rings. The zero-order chi connectivity index (χ0) is 16.7. The van der Waals surface area contributed by atoms with E-state index in [0.29, 0.717) is 16.9 Å². The normalized spacial score (nSPS) is 15.0. The van der Waals surface area contributed by atoms with Gasteiger partial charge in [0.25, 0.3) is 5.84 Å². The molecular formula is C12H26BrClN2O4. The molecule has 0 saturated heterocycles. The summed E-state index contributed by atoms with van der Waals surface area (Å²) in [7, 11) is -4.94. The van der Waals surface area contributed by atoms with E-state index in [4.69, 9.17) is 18.6 Å². The maximum Gasteiger partial charge on any atom is 0.257 e. The van der Waals surface area contributed by atoms with Crippen LogP contribution in [-0.4, -0.2) is 22.7 Å². The van der Waals surface area contributed by atoms with Crippen molar-refractivity contribution in [2.45, 2.75) is 65.4 Å². The molecule has 0 heterocycles. The molecule has 0 saturated carbocycles. The summed E-state index contributed by atoms with van der Waals surface area (Å²) in [5.41, 5.74) is 0.207. The number of hydrogen-bond acceptors (Lipinski definition) is 4. The van der Waals surface area contributed by atoms with Gasteiger partial charge in [-0.3, -0.25) is 10.3 Å². The third-order valence-corrected chi connectivity index (χ3v) is 3.73. The van der Waals surface area contributed by atoms with Crippen molar-refractivity contribution in [2.24, 2.45) is 5.41 Å². The molecule has 0 aliphatic carbocycles. The highest BCUT2D eigenvalue weighted by atomic mass is 79.9. The number of rotatable bonds is 3. The summed E-state index contributed by atoms with van der Waals surface area (Å²) in [6.45, 7) is 15.3. The molecule has 0 aromatic carbocycles. The molecule has 6 nitrogen and oxygen atoms in total. The van der Waals surface area contributed by atoms with Gasteiger partial charge in [0.15, 0.2) is 0 Å². The van der Waals surface area contributed by atoms with Gasteiger partial charge in [0.05, 0.1) is 12.1 Å². The Bertz CT molecular complexity index is 293. The smallest absolute Gasteiger partial charge is 0.257 e. The first-order chi connectivity index (χ1) is 8.64. The highest BCUT2D eigenvalue weighted by Crippen LogP contribution is 2.25. The summed E-state index contributed by atoms with van der Waals surface area (Å²) < 4.78 is 34.0. The van der Waals surface area contributed by atoms with E-state index in [0.717, 1.165) is 0 Å². The van der Waals surface area contributed by atoms with Gasteiger partial charge in [0.2, 0.25) is 0 Å². The van der Waals surface area contributed by atoms with Gasteiger partial charge < -0.3 is 0 Å². The molecule has 0 amide bonds. The molecule has 0 aliphatic rings. The van der Waals surface area contributed by atoms with Crippen molar-refractivity contribution in [3.63, 3.8) is 0 Å². The maximum atomic E-state index is 8.49. The van der Waals surface area contributed by atoms with Gasteiger partial charge in [0, 0.05) is 0 Å². The Labute approximate surface area is 132 Å². The molecule has 2 N–H and O–H groups in total. The fraction of sp³-hybridized carbons (Fsp3) is 0.917. The first kappa shape index (κ1) is 22.4. The second-order valence-corrected chi connectivity index (χ2v) is 7.79. The summed E-state index contributed by atoms with van der Waals surface area (Å²) >= 11 is 3.76. The number of hydrogen-bond donors (Lipinski definition) is 2. The maximum absolute atomic E-state index is 8.49. The van der Waals surface area contributed by atoms with Crippen LogP contribution in [0.2, 0.25) is 0 Å². The molecule has 122 valence electrons. The molecule has 0 bridgehead atoms. The fourth-order valence-electron chi connectivity index (χ4n) is 1.24. The van der Waals surface area contributed by atoms with Crippen molar-refractivity contribution >= 4 is 21.8 Å². The zero-order valence-electron chi connectivity index (χ0n) is 13.1. The molecule has 20 heavy (non-hydrogen) atoms. The van der Waals surface area contributed by atoms with Crippen molar-refractivity contribution in [1.29, 1.82) is 0 Å². The first-order valence-corrected chi connectivity index (χ1v) is 8.45. The van der Waals surface area contributed by atoms with Crippen molar-refractivity contribution < 1.29 is 33.9 Å². The third kappa shape index (κ3) is 16.1. The third-order valence-electron chi connectivity index (χ3n) is 1.90. The van der Waals surface area contributed by atoms with Crippen LogP contribution in [0.5, 0.6) is 0 Å². The minimum Gasteiger partial charge on any atom is -0.275 e. The van der Waals surface area contributed by atoms with E-state index in [1.54, 1.807) is 0 Å². The quantitative estimate of drug-likeness (QED) is 0.307. The number of amidine groups is 1. The molecule has 0 spiro atoms. The Morgan fingerprint density at radius 3 is 1.60 bits per heavy atom. The van der Waals surface area contributed by atoms with E-state index in [2.05, 4.69) is 74.7 Å². The van der Waals surface area contributed by atoms with E-state index in [1.165, 1.54) is 5.84 Å². The summed E-state index contributed by atoms with van der Waals surface area (Å²) in [4.78, 5) is 3.80. The average molecular weight is 378 g/mol. The minimum atomic E-state index is -4.94. The van der Waals surface area contributed by atoms with E-state index in [9.17, 15) is 0 Å². The Morgan fingerprint density at radius 1 is 1.05 bits per heavy atom. The Kier molecular flexibility index (Phi) is 10.3. The lowest BCUT2D eigenvalue weighted by Crippen LogP contribution is -2.83. The van der Waals surface area contributed by atoms with Crippen LogP contribution in [0.15, 0.2) is 0 Å². The number of nitrogens with one attached hydrogen (secondary N) is 2. The van der Waals surface area contributed by atoms with Crippen molar-refractivity contribution in [3.8, 4) is 0 Å². The predicted octanol–water partition coefficient (Wildman–Crippen LogP) is -3.07. The SMILES string of the molecule is CC(C)NC(=[NH+]C(C)C)C(Br)C(C)(C)C.[O-][Cl+3]([O-])([O-])[O-]. The van der Waals surface area contributed by atoms with Gasteiger partial charge in [-0.05, 0) is 33.1 Å². The van der Waals surface area contributed by atoms with Gasteiger partial charge in [-0.1, -0.05) is 36.7 Å². The lowest BCUT2D eigenvalue weighted by Gasteiger charge is -2.25. The predicted molar refractivity (Wildman–Crippen MR) is 71.5 cm³/mol. The minimum absolute atomic E-state index is 0.207. The van der Waals surface area contributed by atoms with Crippen LogP contribution in [0.3, 0.4) is 0 Å². The van der Waals surface area contributed by atoms with Crippen LogP contribution in [0, 0.1) is 15.7 Å². The monoisotopic (exact) mass is 376 g/mol. The molecule has 0 aliphatic heterocycles. The molecule has 1 atom stereocenters. The van der Waals surface area contributed by atoms with Gasteiger partial charge in [0.1, 0.15) is 4.83 Å². The van der Waals surface area contributed by atoms with Crippen molar-refractivity contribution in [1.82, 2.24) is 5.32 Å². The van der Waals surface area contributed by atoms with Crippen LogP contribution in [0.4, 0.5) is 0 Å². The summed E-state index contributed by atoms with van der Waals surface area (Å²) in [6.07, 6.45) is 0. The summed E-state index contributed by atoms with van der Waals surface area (Å²) in [5.74, 6) is 1.19.